The molecule has 0 aromatic heterocycles. The maximum atomic E-state index is 13.3. The Morgan fingerprint density at radius 2 is 1.74 bits per heavy atom. The Kier molecular flexibility index (Phi) is 5.47. The van der Waals surface area contributed by atoms with Crippen LogP contribution < -0.4 is 9.62 Å². The third-order valence-electron chi connectivity index (χ3n) is 5.69. The minimum absolute atomic E-state index is 0.0286. The summed E-state index contributed by atoms with van der Waals surface area (Å²) in [6.45, 7) is -0.548. The molecule has 10 heteroatoms. The average Bonchev–Trinajstić information content (AvgIpc) is 2.72. The van der Waals surface area contributed by atoms with Crippen LogP contribution in [-0.4, -0.2) is 38.1 Å². The maximum absolute atomic E-state index is 13.3. The van der Waals surface area contributed by atoms with Crippen LogP contribution >= 0.6 is 0 Å². The molecule has 2 N–H and O–H groups in total. The summed E-state index contributed by atoms with van der Waals surface area (Å²) in [4.78, 5) is 12.5. The van der Waals surface area contributed by atoms with Gasteiger partial charge in [0.05, 0.1) is 22.3 Å². The Bertz CT molecular complexity index is 1110. The van der Waals surface area contributed by atoms with E-state index in [1.807, 2.05) is 0 Å². The predicted molar refractivity (Wildman–Crippen MR) is 108 cm³/mol. The van der Waals surface area contributed by atoms with Gasteiger partial charge in [-0.1, -0.05) is 18.2 Å². The lowest BCUT2D eigenvalue weighted by Gasteiger charge is -2.33. The number of halogens is 3. The number of nitrogens with one attached hydrogen (secondary N) is 1. The molecule has 2 aromatic rings. The second-order valence-electron chi connectivity index (χ2n) is 7.81. The standard InChI is InChI=1S/C21H21F3N2O4S/c22-21(23,24)13-5-10-18-17(11-13)16-3-1-2-4-19(16)31(29,30)26(18)12-20(28)25-14-6-8-15(27)9-7-14/h1-5,10-11,14-15,27H,6-9,12H2,(H,25,28)/t14-,15-. The Morgan fingerprint density at radius 1 is 1.06 bits per heavy atom. The number of sulfonamides is 1. The Morgan fingerprint density at radius 3 is 2.42 bits per heavy atom. The molecule has 1 fully saturated rings. The summed E-state index contributed by atoms with van der Waals surface area (Å²) < 4.78 is 67.1. The number of hydrogen-bond acceptors (Lipinski definition) is 4. The lowest BCUT2D eigenvalue weighted by molar-refractivity contribution is -0.137. The number of rotatable bonds is 3. The molecule has 166 valence electrons. The molecular formula is C21H21F3N2O4S. The number of aliphatic hydroxyl groups excluding tert-OH is 1. The van der Waals surface area contributed by atoms with Gasteiger partial charge in [-0.3, -0.25) is 9.10 Å². The molecule has 0 saturated heterocycles. The molecule has 0 bridgehead atoms. The van der Waals surface area contributed by atoms with Gasteiger partial charge < -0.3 is 10.4 Å². The summed E-state index contributed by atoms with van der Waals surface area (Å²) in [5.74, 6) is -0.546. The van der Waals surface area contributed by atoms with Gasteiger partial charge in [-0.25, -0.2) is 8.42 Å². The third-order valence-corrected chi connectivity index (χ3v) is 7.50. The summed E-state index contributed by atoms with van der Waals surface area (Å²) >= 11 is 0. The van der Waals surface area contributed by atoms with E-state index in [0.717, 1.165) is 22.5 Å². The zero-order chi connectivity index (χ0) is 22.4. The Balaban J connectivity index is 1.69. The van der Waals surface area contributed by atoms with Crippen molar-refractivity contribution in [1.29, 1.82) is 0 Å². The molecule has 1 aliphatic carbocycles. The van der Waals surface area contributed by atoms with E-state index >= 15 is 0 Å². The zero-order valence-corrected chi connectivity index (χ0v) is 17.2. The summed E-state index contributed by atoms with van der Waals surface area (Å²) in [7, 11) is -4.14. The SMILES string of the molecule is O=C(CN1c2ccc(C(F)(F)F)cc2-c2ccccc2S1(=O)=O)N[C@H]1CC[C@H](O)CC1. The first-order chi connectivity index (χ1) is 14.6. The van der Waals surface area contributed by atoms with Crippen LogP contribution in [0.2, 0.25) is 0 Å². The van der Waals surface area contributed by atoms with E-state index in [4.69, 9.17) is 0 Å². The second-order valence-corrected chi connectivity index (χ2v) is 9.64. The quantitative estimate of drug-likeness (QED) is 0.745. The number of fused-ring (bicyclic) bond motifs is 3. The van der Waals surface area contributed by atoms with Gasteiger partial charge in [0.25, 0.3) is 10.0 Å². The molecule has 2 aromatic carbocycles. The Labute approximate surface area is 177 Å². The highest BCUT2D eigenvalue weighted by atomic mass is 32.2. The van der Waals surface area contributed by atoms with Gasteiger partial charge in [-0.2, -0.15) is 13.2 Å². The molecule has 2 aliphatic rings. The van der Waals surface area contributed by atoms with Gasteiger partial charge in [0.1, 0.15) is 6.54 Å². The molecule has 1 heterocycles. The van der Waals surface area contributed by atoms with Gasteiger partial charge in [-0.15, -0.1) is 0 Å². The number of carbonyl (C=O) groups excluding carboxylic acids is 1. The average molecular weight is 454 g/mol. The highest BCUT2D eigenvalue weighted by Crippen LogP contribution is 2.45. The summed E-state index contributed by atoms with van der Waals surface area (Å²) in [5.41, 5.74) is -0.596. The van der Waals surface area contributed by atoms with Crippen LogP contribution in [0, 0.1) is 0 Å². The van der Waals surface area contributed by atoms with Crippen molar-refractivity contribution in [3.63, 3.8) is 0 Å². The number of amides is 1. The van der Waals surface area contributed by atoms with Crippen molar-refractivity contribution < 1.29 is 31.5 Å². The van der Waals surface area contributed by atoms with Crippen LogP contribution in [0.15, 0.2) is 47.4 Å². The molecule has 31 heavy (non-hydrogen) atoms. The largest absolute Gasteiger partial charge is 0.416 e. The van der Waals surface area contributed by atoms with E-state index < -0.39 is 40.3 Å². The van der Waals surface area contributed by atoms with Gasteiger partial charge in [0.2, 0.25) is 5.91 Å². The predicted octanol–water partition coefficient (Wildman–Crippen LogP) is 3.30. The van der Waals surface area contributed by atoms with Crippen LogP contribution in [-0.2, 0) is 21.0 Å². The first-order valence-electron chi connectivity index (χ1n) is 9.88. The topological polar surface area (TPSA) is 86.7 Å². The van der Waals surface area contributed by atoms with Crippen molar-refractivity contribution in [2.45, 2.75) is 48.9 Å². The molecule has 0 atom stereocenters. The lowest BCUT2D eigenvalue weighted by Crippen LogP contribution is -2.46. The van der Waals surface area contributed by atoms with E-state index in [2.05, 4.69) is 5.32 Å². The van der Waals surface area contributed by atoms with E-state index in [-0.39, 0.29) is 27.8 Å². The molecule has 0 radical (unpaired) electrons. The van der Waals surface area contributed by atoms with Crippen LogP contribution in [0.3, 0.4) is 0 Å². The fourth-order valence-corrected chi connectivity index (χ4v) is 5.75. The van der Waals surface area contributed by atoms with Crippen molar-refractivity contribution in [3.8, 4) is 11.1 Å². The van der Waals surface area contributed by atoms with Crippen molar-refractivity contribution in [2.24, 2.45) is 0 Å². The highest BCUT2D eigenvalue weighted by Gasteiger charge is 2.38. The molecule has 4 rings (SSSR count). The molecule has 1 aliphatic heterocycles. The van der Waals surface area contributed by atoms with E-state index in [0.29, 0.717) is 25.7 Å². The van der Waals surface area contributed by atoms with Gasteiger partial charge in [0, 0.05) is 17.2 Å². The van der Waals surface area contributed by atoms with E-state index in [1.54, 1.807) is 6.07 Å². The summed E-state index contributed by atoms with van der Waals surface area (Å²) in [5, 5.41) is 12.4. The van der Waals surface area contributed by atoms with Crippen molar-refractivity contribution >= 4 is 21.6 Å². The molecule has 0 unspecified atom stereocenters. The number of alkyl halides is 3. The number of anilines is 1. The normalized spacial score (nSPS) is 22.4. The van der Waals surface area contributed by atoms with Gasteiger partial charge in [0.15, 0.2) is 0 Å². The number of nitrogens with zero attached hydrogens (tertiary/aromatic N) is 1. The van der Waals surface area contributed by atoms with Crippen LogP contribution in [0.1, 0.15) is 31.2 Å². The zero-order valence-electron chi connectivity index (χ0n) is 16.4. The maximum Gasteiger partial charge on any atom is 0.416 e. The number of benzene rings is 2. The molecular weight excluding hydrogens is 433 g/mol. The minimum Gasteiger partial charge on any atom is -0.393 e. The summed E-state index contributed by atoms with van der Waals surface area (Å²) in [6.07, 6.45) is -2.75. The van der Waals surface area contributed by atoms with Crippen LogP contribution in [0.25, 0.3) is 11.1 Å². The number of hydrogen-bond donors (Lipinski definition) is 2. The van der Waals surface area contributed by atoms with Crippen molar-refractivity contribution in [2.75, 3.05) is 10.8 Å². The van der Waals surface area contributed by atoms with Crippen molar-refractivity contribution in [3.05, 3.63) is 48.0 Å². The van der Waals surface area contributed by atoms with Gasteiger partial charge >= 0.3 is 6.18 Å². The smallest absolute Gasteiger partial charge is 0.393 e. The number of aliphatic hydroxyl groups is 1. The van der Waals surface area contributed by atoms with E-state index in [9.17, 15) is 31.5 Å². The molecule has 6 nitrogen and oxygen atoms in total. The van der Waals surface area contributed by atoms with Crippen molar-refractivity contribution in [1.82, 2.24) is 5.32 Å². The summed E-state index contributed by atoms with van der Waals surface area (Å²) in [6, 6.07) is 8.46. The van der Waals surface area contributed by atoms with Crippen LogP contribution in [0.4, 0.5) is 18.9 Å². The fraction of sp³-hybridized carbons (Fsp3) is 0.381. The van der Waals surface area contributed by atoms with Crippen LogP contribution in [0.5, 0.6) is 0 Å². The third kappa shape index (κ3) is 4.14. The second kappa shape index (κ2) is 7.83. The van der Waals surface area contributed by atoms with E-state index in [1.165, 1.54) is 18.2 Å². The highest BCUT2D eigenvalue weighted by molar-refractivity contribution is 7.93. The Hall–Kier alpha value is -2.59. The van der Waals surface area contributed by atoms with Gasteiger partial charge in [-0.05, 0) is 49.9 Å². The molecule has 1 amide bonds. The first-order valence-corrected chi connectivity index (χ1v) is 11.3. The fourth-order valence-electron chi connectivity index (χ4n) is 4.10. The number of carbonyl (C=O) groups is 1. The monoisotopic (exact) mass is 454 g/mol. The lowest BCUT2D eigenvalue weighted by atomic mass is 9.93. The molecule has 0 spiro atoms. The first kappa shape index (κ1) is 21.6. The minimum atomic E-state index is -4.59. The molecule has 1 saturated carbocycles.